The number of nitriles is 1. The number of carboxylic acid groups (broad SMARTS) is 1. The smallest absolute Gasteiger partial charge is 0.334 e. The van der Waals surface area contributed by atoms with Gasteiger partial charge in [-0.2, -0.15) is 5.26 Å². The molecular weight excluding hydrogens is 358 g/mol. The van der Waals surface area contributed by atoms with Gasteiger partial charge in [0.1, 0.15) is 16.7 Å². The number of nitrogens with zero attached hydrogens (tertiary/aromatic N) is 1. The summed E-state index contributed by atoms with van der Waals surface area (Å²) >= 11 is 0. The van der Waals surface area contributed by atoms with Gasteiger partial charge >= 0.3 is 5.97 Å². The van der Waals surface area contributed by atoms with Crippen LogP contribution in [0.1, 0.15) is 31.1 Å². The molecular formula is C19H14F2N2O4. The molecule has 1 aliphatic heterocycles. The number of rotatable bonds is 2. The van der Waals surface area contributed by atoms with Crippen LogP contribution in [0.4, 0.5) is 8.78 Å². The van der Waals surface area contributed by atoms with Gasteiger partial charge < -0.3 is 14.8 Å². The molecule has 0 aliphatic carbocycles. The predicted molar refractivity (Wildman–Crippen MR) is 91.7 cm³/mol. The zero-order valence-corrected chi connectivity index (χ0v) is 14.6. The molecule has 2 N–H and O–H groups in total. The van der Waals surface area contributed by atoms with Crippen molar-refractivity contribution in [3.05, 3.63) is 67.9 Å². The van der Waals surface area contributed by atoms with Crippen molar-refractivity contribution in [3.8, 4) is 6.07 Å². The summed E-state index contributed by atoms with van der Waals surface area (Å²) in [7, 11) is 0. The Morgan fingerprint density at radius 2 is 1.93 bits per heavy atom. The fourth-order valence-electron chi connectivity index (χ4n) is 3.36. The summed E-state index contributed by atoms with van der Waals surface area (Å²) in [6.45, 7) is 4.52. The van der Waals surface area contributed by atoms with E-state index in [2.05, 4.69) is 5.32 Å². The van der Waals surface area contributed by atoms with Crippen LogP contribution in [-0.2, 0) is 4.79 Å². The molecule has 1 aromatic carbocycles. The molecule has 0 bridgehead atoms. The molecule has 0 saturated carbocycles. The van der Waals surface area contributed by atoms with Crippen LogP contribution in [0.5, 0.6) is 0 Å². The van der Waals surface area contributed by atoms with Crippen LogP contribution in [0.3, 0.4) is 0 Å². The van der Waals surface area contributed by atoms with Crippen LogP contribution >= 0.6 is 0 Å². The second-order valence-electron chi connectivity index (χ2n) is 6.24. The molecule has 1 aromatic heterocycles. The molecule has 0 fully saturated rings. The predicted octanol–water partition coefficient (Wildman–Crippen LogP) is 3.22. The molecule has 8 heteroatoms. The normalized spacial score (nSPS) is 17.1. The maximum Gasteiger partial charge on any atom is 0.334 e. The molecule has 27 heavy (non-hydrogen) atoms. The van der Waals surface area contributed by atoms with E-state index in [1.54, 1.807) is 6.92 Å². The third-order valence-electron chi connectivity index (χ3n) is 4.47. The van der Waals surface area contributed by atoms with Gasteiger partial charge in [0, 0.05) is 23.0 Å². The molecule has 6 nitrogen and oxygen atoms in total. The summed E-state index contributed by atoms with van der Waals surface area (Å²) in [5.74, 6) is -5.13. The van der Waals surface area contributed by atoms with E-state index < -0.39 is 34.3 Å². The summed E-state index contributed by atoms with van der Waals surface area (Å²) in [5, 5.41) is 21.4. The zero-order chi connectivity index (χ0) is 20.0. The highest BCUT2D eigenvalue weighted by molar-refractivity contribution is 5.93. The number of carbonyl (C=O) groups is 1. The number of aryl methyl sites for hydroxylation is 1. The first kappa shape index (κ1) is 18.3. The van der Waals surface area contributed by atoms with Gasteiger partial charge in [-0.25, -0.2) is 13.6 Å². The molecule has 1 atom stereocenters. The van der Waals surface area contributed by atoms with Crippen molar-refractivity contribution in [2.75, 3.05) is 0 Å². The highest BCUT2D eigenvalue weighted by Crippen LogP contribution is 2.41. The third kappa shape index (κ3) is 2.77. The van der Waals surface area contributed by atoms with Crippen molar-refractivity contribution >= 4 is 16.9 Å². The minimum absolute atomic E-state index is 0.00876. The van der Waals surface area contributed by atoms with Crippen molar-refractivity contribution < 1.29 is 23.1 Å². The van der Waals surface area contributed by atoms with Gasteiger partial charge in [-0.15, -0.1) is 0 Å². The second kappa shape index (κ2) is 6.36. The fraction of sp³-hybridized carbons (Fsp3) is 0.211. The molecule has 0 amide bonds. The van der Waals surface area contributed by atoms with Crippen LogP contribution < -0.4 is 10.7 Å². The molecule has 2 heterocycles. The Morgan fingerprint density at radius 3 is 2.52 bits per heavy atom. The Bertz CT molecular complexity index is 1170. The van der Waals surface area contributed by atoms with Gasteiger partial charge in [-0.1, -0.05) is 0 Å². The Hall–Kier alpha value is -3.47. The highest BCUT2D eigenvalue weighted by atomic mass is 19.2. The van der Waals surface area contributed by atoms with E-state index in [0.717, 1.165) is 12.1 Å². The standard InChI is InChI=1S/C19H14F2N2O4/c1-7-4-13(24)16-17(21)12(20)5-10(18(16)27-7)15-11(6-22)8(2)23-9(3)14(15)19(25)26/h4-5,15,23H,1-3H3,(H,25,26)/t15-/m1/s1. The summed E-state index contributed by atoms with van der Waals surface area (Å²) < 4.78 is 34.0. The summed E-state index contributed by atoms with van der Waals surface area (Å²) in [6.07, 6.45) is 0. The van der Waals surface area contributed by atoms with E-state index in [1.165, 1.54) is 13.8 Å². The largest absolute Gasteiger partial charge is 0.478 e. The van der Waals surface area contributed by atoms with Crippen LogP contribution in [0.25, 0.3) is 11.0 Å². The maximum atomic E-state index is 14.3. The molecule has 0 saturated heterocycles. The maximum absolute atomic E-state index is 14.3. The average Bonchev–Trinajstić information content (AvgIpc) is 2.56. The monoisotopic (exact) mass is 372 g/mol. The second-order valence-corrected chi connectivity index (χ2v) is 6.24. The minimum atomic E-state index is -1.38. The first-order valence-corrected chi connectivity index (χ1v) is 7.91. The lowest BCUT2D eigenvalue weighted by molar-refractivity contribution is -0.133. The lowest BCUT2D eigenvalue weighted by Gasteiger charge is -2.27. The van der Waals surface area contributed by atoms with Crippen LogP contribution in [0.2, 0.25) is 0 Å². The molecule has 0 spiro atoms. The fourth-order valence-corrected chi connectivity index (χ4v) is 3.36. The van der Waals surface area contributed by atoms with Crippen molar-refractivity contribution in [3.63, 3.8) is 0 Å². The first-order valence-electron chi connectivity index (χ1n) is 7.91. The number of nitrogens with one attached hydrogen (secondary N) is 1. The van der Waals surface area contributed by atoms with E-state index in [9.17, 15) is 28.7 Å². The van der Waals surface area contributed by atoms with Gasteiger partial charge in [0.15, 0.2) is 17.1 Å². The quantitative estimate of drug-likeness (QED) is 0.839. The Kier molecular flexibility index (Phi) is 4.31. The highest BCUT2D eigenvalue weighted by Gasteiger charge is 2.36. The molecule has 0 radical (unpaired) electrons. The van der Waals surface area contributed by atoms with Crippen LogP contribution in [0.15, 0.2) is 43.9 Å². The van der Waals surface area contributed by atoms with Gasteiger partial charge in [-0.05, 0) is 26.8 Å². The number of hydrogen-bond acceptors (Lipinski definition) is 5. The number of hydrogen-bond donors (Lipinski definition) is 2. The molecule has 3 rings (SSSR count). The van der Waals surface area contributed by atoms with Gasteiger partial charge in [0.05, 0.1) is 23.1 Å². The summed E-state index contributed by atoms with van der Waals surface area (Å²) in [6, 6.07) is 3.71. The Balaban J connectivity index is 2.51. The van der Waals surface area contributed by atoms with Gasteiger partial charge in [0.25, 0.3) is 0 Å². The van der Waals surface area contributed by atoms with Crippen molar-refractivity contribution in [2.24, 2.45) is 0 Å². The number of aliphatic carboxylic acids is 1. The number of halogens is 2. The lowest BCUT2D eigenvalue weighted by atomic mass is 9.80. The third-order valence-corrected chi connectivity index (χ3v) is 4.47. The molecule has 138 valence electrons. The van der Waals surface area contributed by atoms with Crippen LogP contribution in [0, 0.1) is 29.9 Å². The number of benzene rings is 1. The summed E-state index contributed by atoms with van der Waals surface area (Å²) in [5.41, 5.74) is -0.757. The first-order chi connectivity index (χ1) is 12.7. The minimum Gasteiger partial charge on any atom is -0.478 e. The van der Waals surface area contributed by atoms with E-state index in [1.807, 2.05) is 6.07 Å². The van der Waals surface area contributed by atoms with Crippen molar-refractivity contribution in [2.45, 2.75) is 26.7 Å². The average molecular weight is 372 g/mol. The van der Waals surface area contributed by atoms with Crippen LogP contribution in [-0.4, -0.2) is 11.1 Å². The van der Waals surface area contributed by atoms with E-state index in [0.29, 0.717) is 5.70 Å². The van der Waals surface area contributed by atoms with E-state index >= 15 is 0 Å². The SMILES string of the molecule is CC1=C(C#N)[C@@H](c2cc(F)c(F)c3c(=O)cc(C)oc23)C(C(=O)O)=C(C)N1. The molecule has 2 aromatic rings. The lowest BCUT2D eigenvalue weighted by Crippen LogP contribution is -2.28. The summed E-state index contributed by atoms with van der Waals surface area (Å²) in [4.78, 5) is 24.1. The topological polar surface area (TPSA) is 103 Å². The molecule has 0 unspecified atom stereocenters. The zero-order valence-electron chi connectivity index (χ0n) is 14.6. The van der Waals surface area contributed by atoms with Crippen molar-refractivity contribution in [1.82, 2.24) is 5.32 Å². The number of fused-ring (bicyclic) bond motifs is 1. The molecule has 1 aliphatic rings. The van der Waals surface area contributed by atoms with Gasteiger partial charge in [0.2, 0.25) is 0 Å². The number of allylic oxidation sites excluding steroid dienone is 3. The van der Waals surface area contributed by atoms with Gasteiger partial charge in [-0.3, -0.25) is 4.79 Å². The van der Waals surface area contributed by atoms with E-state index in [-0.39, 0.29) is 33.7 Å². The Morgan fingerprint density at radius 1 is 1.26 bits per heavy atom. The van der Waals surface area contributed by atoms with Crippen molar-refractivity contribution in [1.29, 1.82) is 5.26 Å². The van der Waals surface area contributed by atoms with E-state index in [4.69, 9.17) is 4.42 Å². The number of dihydropyridines is 1. The number of carboxylic acids is 1. The Labute approximate surface area is 152 Å².